The maximum Gasteiger partial charge on any atom is 0.322 e. The lowest BCUT2D eigenvalue weighted by Crippen LogP contribution is -2.07. The highest BCUT2D eigenvalue weighted by Gasteiger charge is 2.08. The maximum atomic E-state index is 11.8. The minimum atomic E-state index is -0.316. The van der Waals surface area contributed by atoms with Gasteiger partial charge in [0.15, 0.2) is 0 Å². The monoisotopic (exact) mass is 305 g/mol. The number of rotatable bonds is 5. The number of carbonyl (C=O) groups excluding carboxylic acids is 1. The van der Waals surface area contributed by atoms with Crippen LogP contribution < -0.4 is 5.32 Å². The molecular weight excluding hydrogens is 290 g/mol. The molecule has 1 amide bonds. The SMILES string of the molecule is O=C(C=Cc1ccccc1)Nc1nnc(Cc2ccccc2)o1. The van der Waals surface area contributed by atoms with Crippen molar-refractivity contribution >= 4 is 18.0 Å². The van der Waals surface area contributed by atoms with E-state index in [9.17, 15) is 4.79 Å². The van der Waals surface area contributed by atoms with E-state index in [2.05, 4.69) is 15.5 Å². The van der Waals surface area contributed by atoms with Gasteiger partial charge >= 0.3 is 6.01 Å². The Labute approximate surface area is 133 Å². The number of nitrogens with zero attached hydrogens (tertiary/aromatic N) is 2. The van der Waals surface area contributed by atoms with Crippen LogP contribution in [0.4, 0.5) is 6.01 Å². The zero-order chi connectivity index (χ0) is 15.9. The number of anilines is 1. The first kappa shape index (κ1) is 14.7. The van der Waals surface area contributed by atoms with Crippen molar-refractivity contribution in [2.75, 3.05) is 5.32 Å². The molecule has 0 fully saturated rings. The highest BCUT2D eigenvalue weighted by atomic mass is 16.4. The highest BCUT2D eigenvalue weighted by molar-refractivity contribution is 6.00. The van der Waals surface area contributed by atoms with Crippen LogP contribution in [0.25, 0.3) is 6.08 Å². The molecule has 0 radical (unpaired) electrons. The summed E-state index contributed by atoms with van der Waals surface area (Å²) in [5.74, 6) is 0.141. The summed E-state index contributed by atoms with van der Waals surface area (Å²) in [7, 11) is 0. The van der Waals surface area contributed by atoms with Crippen LogP contribution in [-0.2, 0) is 11.2 Å². The summed E-state index contributed by atoms with van der Waals surface area (Å²) in [5.41, 5.74) is 2.01. The molecular formula is C18H15N3O2. The molecule has 0 saturated heterocycles. The fraction of sp³-hybridized carbons (Fsp3) is 0.0556. The molecule has 1 heterocycles. The van der Waals surface area contributed by atoms with E-state index >= 15 is 0 Å². The van der Waals surface area contributed by atoms with Gasteiger partial charge in [0, 0.05) is 6.08 Å². The summed E-state index contributed by atoms with van der Waals surface area (Å²) >= 11 is 0. The minimum absolute atomic E-state index is 0.0960. The van der Waals surface area contributed by atoms with Crippen LogP contribution in [0.3, 0.4) is 0 Å². The number of aromatic nitrogens is 2. The molecule has 114 valence electrons. The zero-order valence-electron chi connectivity index (χ0n) is 12.3. The Morgan fingerprint density at radius 3 is 2.43 bits per heavy atom. The normalized spacial score (nSPS) is 10.8. The quantitative estimate of drug-likeness (QED) is 0.734. The van der Waals surface area contributed by atoms with Crippen LogP contribution in [0.5, 0.6) is 0 Å². The minimum Gasteiger partial charge on any atom is -0.407 e. The topological polar surface area (TPSA) is 68.0 Å². The van der Waals surface area contributed by atoms with Gasteiger partial charge in [0.1, 0.15) is 0 Å². The smallest absolute Gasteiger partial charge is 0.322 e. The van der Waals surface area contributed by atoms with E-state index in [0.29, 0.717) is 12.3 Å². The fourth-order valence-corrected chi connectivity index (χ4v) is 2.03. The molecule has 23 heavy (non-hydrogen) atoms. The lowest BCUT2D eigenvalue weighted by atomic mass is 10.2. The molecule has 1 N–H and O–H groups in total. The van der Waals surface area contributed by atoms with Crippen molar-refractivity contribution < 1.29 is 9.21 Å². The van der Waals surface area contributed by atoms with E-state index in [1.54, 1.807) is 6.08 Å². The Morgan fingerprint density at radius 2 is 1.70 bits per heavy atom. The molecule has 3 rings (SSSR count). The van der Waals surface area contributed by atoms with Gasteiger partial charge in [-0.3, -0.25) is 10.1 Å². The number of amides is 1. The second-order valence-corrected chi connectivity index (χ2v) is 4.90. The van der Waals surface area contributed by atoms with Gasteiger partial charge in [-0.1, -0.05) is 65.8 Å². The first-order valence-electron chi connectivity index (χ1n) is 7.20. The summed E-state index contributed by atoms with van der Waals surface area (Å²) in [6.45, 7) is 0. The Morgan fingerprint density at radius 1 is 1.00 bits per heavy atom. The Balaban J connectivity index is 1.58. The Hall–Kier alpha value is -3.21. The zero-order valence-corrected chi connectivity index (χ0v) is 12.3. The van der Waals surface area contributed by atoms with Gasteiger partial charge in [0.05, 0.1) is 6.42 Å². The molecule has 0 aliphatic rings. The molecule has 0 unspecified atom stereocenters. The van der Waals surface area contributed by atoms with E-state index in [4.69, 9.17) is 4.42 Å². The van der Waals surface area contributed by atoms with E-state index in [1.807, 2.05) is 60.7 Å². The standard InChI is InChI=1S/C18H15N3O2/c22-16(12-11-14-7-3-1-4-8-14)19-18-21-20-17(23-18)13-15-9-5-2-6-10-15/h1-12H,13H2,(H,19,21,22). The van der Waals surface area contributed by atoms with Crippen molar-refractivity contribution in [2.24, 2.45) is 0 Å². The van der Waals surface area contributed by atoms with E-state index in [0.717, 1.165) is 11.1 Å². The van der Waals surface area contributed by atoms with Crippen LogP contribution in [0.1, 0.15) is 17.0 Å². The van der Waals surface area contributed by atoms with Crippen LogP contribution in [0.2, 0.25) is 0 Å². The third-order valence-corrected chi connectivity index (χ3v) is 3.12. The van der Waals surface area contributed by atoms with Crippen LogP contribution in [-0.4, -0.2) is 16.1 Å². The predicted molar refractivity (Wildman–Crippen MR) is 87.7 cm³/mol. The highest BCUT2D eigenvalue weighted by Crippen LogP contribution is 2.11. The number of carbonyl (C=O) groups is 1. The third kappa shape index (κ3) is 4.38. The maximum absolute atomic E-state index is 11.8. The first-order chi connectivity index (χ1) is 11.3. The molecule has 0 spiro atoms. The summed E-state index contributed by atoms with van der Waals surface area (Å²) in [4.78, 5) is 11.8. The van der Waals surface area contributed by atoms with Crippen molar-refractivity contribution in [1.29, 1.82) is 0 Å². The number of nitrogens with one attached hydrogen (secondary N) is 1. The summed E-state index contributed by atoms with van der Waals surface area (Å²) in [6.07, 6.45) is 3.68. The van der Waals surface area contributed by atoms with E-state index < -0.39 is 0 Å². The lowest BCUT2D eigenvalue weighted by molar-refractivity contribution is -0.112. The average Bonchev–Trinajstić information content (AvgIpc) is 3.02. The van der Waals surface area contributed by atoms with Gasteiger partial charge in [-0.2, -0.15) is 0 Å². The predicted octanol–water partition coefficient (Wildman–Crippen LogP) is 3.31. The summed E-state index contributed by atoms with van der Waals surface area (Å²) < 4.78 is 5.42. The average molecular weight is 305 g/mol. The summed E-state index contributed by atoms with van der Waals surface area (Å²) in [5, 5.41) is 10.3. The van der Waals surface area contributed by atoms with Gasteiger partial charge in [-0.05, 0) is 17.2 Å². The van der Waals surface area contributed by atoms with E-state index in [1.165, 1.54) is 6.08 Å². The molecule has 0 aliphatic heterocycles. The lowest BCUT2D eigenvalue weighted by Gasteiger charge is -1.96. The van der Waals surface area contributed by atoms with Crippen molar-refractivity contribution in [1.82, 2.24) is 10.2 Å². The molecule has 2 aromatic carbocycles. The van der Waals surface area contributed by atoms with Crippen LogP contribution in [0.15, 0.2) is 71.2 Å². The molecule has 1 aromatic heterocycles. The molecule has 0 aliphatic carbocycles. The largest absolute Gasteiger partial charge is 0.407 e. The van der Waals surface area contributed by atoms with Crippen molar-refractivity contribution in [3.05, 3.63) is 83.8 Å². The Kier molecular flexibility index (Phi) is 4.59. The number of benzene rings is 2. The van der Waals surface area contributed by atoms with Gasteiger partial charge in [0.2, 0.25) is 5.89 Å². The molecule has 5 nitrogen and oxygen atoms in total. The van der Waals surface area contributed by atoms with Crippen LogP contribution in [0, 0.1) is 0 Å². The number of hydrogen-bond donors (Lipinski definition) is 1. The van der Waals surface area contributed by atoms with Gasteiger partial charge in [-0.15, -0.1) is 5.10 Å². The second-order valence-electron chi connectivity index (χ2n) is 4.90. The molecule has 5 heteroatoms. The molecule has 0 atom stereocenters. The molecule has 3 aromatic rings. The van der Waals surface area contributed by atoms with Gasteiger partial charge in [-0.25, -0.2) is 0 Å². The van der Waals surface area contributed by atoms with Gasteiger partial charge in [0.25, 0.3) is 5.91 Å². The third-order valence-electron chi connectivity index (χ3n) is 3.12. The van der Waals surface area contributed by atoms with Crippen molar-refractivity contribution in [2.45, 2.75) is 6.42 Å². The van der Waals surface area contributed by atoms with E-state index in [-0.39, 0.29) is 11.9 Å². The fourth-order valence-electron chi connectivity index (χ4n) is 2.03. The first-order valence-corrected chi connectivity index (χ1v) is 7.20. The summed E-state index contributed by atoms with van der Waals surface area (Å²) in [6, 6.07) is 19.5. The van der Waals surface area contributed by atoms with Crippen molar-refractivity contribution in [3.63, 3.8) is 0 Å². The molecule has 0 bridgehead atoms. The van der Waals surface area contributed by atoms with Crippen molar-refractivity contribution in [3.8, 4) is 0 Å². The Bertz CT molecular complexity index is 795. The molecule has 0 saturated carbocycles. The van der Waals surface area contributed by atoms with Crippen LogP contribution >= 0.6 is 0 Å². The second kappa shape index (κ2) is 7.17. The van der Waals surface area contributed by atoms with Gasteiger partial charge < -0.3 is 4.42 Å². The number of hydrogen-bond acceptors (Lipinski definition) is 4.